The fourth-order valence-corrected chi connectivity index (χ4v) is 5.67. The number of nitrogens with two attached hydrogens (primary N) is 1. The molecule has 3 rings (SSSR count). The Morgan fingerprint density at radius 2 is 2.10 bits per heavy atom. The molecule has 0 radical (unpaired) electrons. The van der Waals surface area contributed by atoms with Crippen molar-refractivity contribution in [3.63, 3.8) is 0 Å². The maximum Gasteiger partial charge on any atom is 0.266 e. The van der Waals surface area contributed by atoms with E-state index >= 15 is 0 Å². The maximum absolute atomic E-state index is 14.9. The van der Waals surface area contributed by atoms with E-state index in [1.165, 1.54) is 31.4 Å². The van der Waals surface area contributed by atoms with Crippen molar-refractivity contribution in [2.45, 2.75) is 6.92 Å². The molecule has 0 aliphatic heterocycles. The normalized spacial score (nSPS) is 13.5. The molecule has 1 unspecified atom stereocenters. The van der Waals surface area contributed by atoms with Crippen LogP contribution in [0, 0.1) is 24.1 Å². The highest BCUT2D eigenvalue weighted by Gasteiger charge is 2.37. The number of carbonyl (C=O) groups is 1. The van der Waals surface area contributed by atoms with Gasteiger partial charge in [0.2, 0.25) is 0 Å². The summed E-state index contributed by atoms with van der Waals surface area (Å²) < 4.78 is 34.4. The molecule has 0 aliphatic rings. The minimum Gasteiger partial charge on any atom is -0.364 e. The van der Waals surface area contributed by atoms with Crippen LogP contribution < -0.4 is 16.3 Å². The Balaban J connectivity index is 2.42. The van der Waals surface area contributed by atoms with Crippen LogP contribution in [-0.2, 0) is 9.09 Å². The van der Waals surface area contributed by atoms with Gasteiger partial charge in [-0.3, -0.25) is 9.36 Å². The van der Waals surface area contributed by atoms with E-state index in [0.717, 1.165) is 5.56 Å². The minimum absolute atomic E-state index is 0.118. The van der Waals surface area contributed by atoms with Gasteiger partial charge in [0.1, 0.15) is 5.69 Å². The third-order valence-electron chi connectivity index (χ3n) is 4.40. The zero-order valence-corrected chi connectivity index (χ0v) is 17.1. The lowest BCUT2D eigenvalue weighted by Crippen LogP contribution is -2.26. The van der Waals surface area contributed by atoms with Gasteiger partial charge in [-0.2, -0.15) is 5.26 Å². The number of carbonyl (C=O) groups excluding carboxylic acids is 1. The Kier molecular flexibility index (Phi) is 5.63. The molecule has 29 heavy (non-hydrogen) atoms. The highest BCUT2D eigenvalue weighted by atomic mass is 35.5. The summed E-state index contributed by atoms with van der Waals surface area (Å²) in [5.41, 5.74) is 6.79. The number of nitriles is 1. The summed E-state index contributed by atoms with van der Waals surface area (Å²) in [6.45, 7) is 1.77. The van der Waals surface area contributed by atoms with Crippen LogP contribution >= 0.6 is 19.0 Å². The Morgan fingerprint density at radius 1 is 1.38 bits per heavy atom. The van der Waals surface area contributed by atoms with E-state index in [1.807, 2.05) is 6.07 Å². The first-order valence-electron chi connectivity index (χ1n) is 8.37. The van der Waals surface area contributed by atoms with Crippen molar-refractivity contribution in [2.24, 2.45) is 5.73 Å². The first-order chi connectivity index (χ1) is 13.7. The zero-order chi connectivity index (χ0) is 21.3. The van der Waals surface area contributed by atoms with Gasteiger partial charge >= 0.3 is 0 Å². The molecule has 1 heterocycles. The molecule has 0 fully saturated rings. The quantitative estimate of drug-likeness (QED) is 0.473. The van der Waals surface area contributed by atoms with Crippen molar-refractivity contribution >= 4 is 52.5 Å². The first-order valence-corrected chi connectivity index (χ1v) is 10.4. The molecule has 0 spiro atoms. The number of hydrogen-bond acceptors (Lipinski definition) is 4. The average Bonchev–Trinajstić information content (AvgIpc) is 3.09. The Bertz CT molecular complexity index is 1260. The fraction of sp³-hybridized carbons (Fsp3) is 0.100. The number of hydrogen-bond donors (Lipinski definition) is 2. The molecule has 6 nitrogen and oxygen atoms in total. The summed E-state index contributed by atoms with van der Waals surface area (Å²) in [6, 6.07) is 9.61. The van der Waals surface area contributed by atoms with Crippen LogP contribution in [0.1, 0.15) is 21.6 Å². The van der Waals surface area contributed by atoms with E-state index in [2.05, 4.69) is 4.98 Å². The molecule has 0 bridgehead atoms. The fourth-order valence-electron chi connectivity index (χ4n) is 3.20. The van der Waals surface area contributed by atoms with E-state index in [9.17, 15) is 13.8 Å². The zero-order valence-electron chi connectivity index (χ0n) is 15.5. The second-order valence-corrected chi connectivity index (χ2v) is 9.13. The number of aromatic nitrogens is 1. The third kappa shape index (κ3) is 3.58. The van der Waals surface area contributed by atoms with E-state index in [0.29, 0.717) is 5.56 Å². The summed E-state index contributed by atoms with van der Waals surface area (Å²) in [7, 11) is -2.77. The van der Waals surface area contributed by atoms with Gasteiger partial charge < -0.3 is 15.2 Å². The predicted molar refractivity (Wildman–Crippen MR) is 111 cm³/mol. The van der Waals surface area contributed by atoms with Crippen LogP contribution in [0.3, 0.4) is 0 Å². The number of allylic oxidation sites excluding steroid dienone is 1. The second kappa shape index (κ2) is 7.84. The van der Waals surface area contributed by atoms with Gasteiger partial charge in [0.15, 0.2) is 5.82 Å². The molecule has 0 saturated carbocycles. The lowest BCUT2D eigenvalue weighted by molar-refractivity contribution is 0.0997. The number of aryl methyl sites for hydroxylation is 1. The monoisotopic (exact) mass is 431 g/mol. The summed E-state index contributed by atoms with van der Waals surface area (Å²) in [4.78, 5) is 14.8. The number of amides is 1. The second-order valence-electron chi connectivity index (χ2n) is 6.30. The molecule has 1 amide bonds. The van der Waals surface area contributed by atoms with Gasteiger partial charge in [-0.1, -0.05) is 17.7 Å². The van der Waals surface area contributed by atoms with Gasteiger partial charge in [-0.25, -0.2) is 4.39 Å². The van der Waals surface area contributed by atoms with E-state index < -0.39 is 19.1 Å². The molecule has 1 atom stereocenters. The predicted octanol–water partition coefficient (Wildman–Crippen LogP) is 3.78. The number of primary amides is 1. The lowest BCUT2D eigenvalue weighted by Gasteiger charge is -2.19. The van der Waals surface area contributed by atoms with Crippen LogP contribution in [0.15, 0.2) is 36.4 Å². The SMILES string of the molecule is COP(=O)(c1cc(C)cc(C=CC#N)c1)c1c(C(N)=O)[nH]c2ccc(Cl)c(F)c12. The summed E-state index contributed by atoms with van der Waals surface area (Å²) in [5.74, 6) is -1.75. The van der Waals surface area contributed by atoms with Gasteiger partial charge in [0, 0.05) is 24.0 Å². The Labute approximate surface area is 171 Å². The molecule has 1 aromatic heterocycles. The Hall–Kier alpha value is -2.91. The summed E-state index contributed by atoms with van der Waals surface area (Å²) in [5, 5.41) is 8.50. The summed E-state index contributed by atoms with van der Waals surface area (Å²) >= 11 is 5.92. The van der Waals surface area contributed by atoms with Crippen LogP contribution in [0.4, 0.5) is 4.39 Å². The van der Waals surface area contributed by atoms with Crippen LogP contribution in [0.5, 0.6) is 0 Å². The largest absolute Gasteiger partial charge is 0.364 e. The molecule has 0 saturated heterocycles. The van der Waals surface area contributed by atoms with Crippen LogP contribution in [-0.4, -0.2) is 18.0 Å². The van der Waals surface area contributed by atoms with Crippen molar-refractivity contribution in [3.8, 4) is 6.07 Å². The van der Waals surface area contributed by atoms with E-state index in [4.69, 9.17) is 27.1 Å². The number of nitrogens with one attached hydrogen (secondary N) is 1. The number of halogens is 2. The number of benzene rings is 2. The van der Waals surface area contributed by atoms with Crippen LogP contribution in [0.2, 0.25) is 5.02 Å². The molecule has 148 valence electrons. The number of fused-ring (bicyclic) bond motifs is 1. The van der Waals surface area contributed by atoms with E-state index in [-0.39, 0.29) is 32.2 Å². The number of rotatable bonds is 5. The van der Waals surface area contributed by atoms with Crippen LogP contribution in [0.25, 0.3) is 17.0 Å². The summed E-state index contributed by atoms with van der Waals surface area (Å²) in [6.07, 6.45) is 2.81. The van der Waals surface area contributed by atoms with Crippen molar-refractivity contribution in [1.29, 1.82) is 5.26 Å². The smallest absolute Gasteiger partial charge is 0.266 e. The van der Waals surface area contributed by atoms with Gasteiger partial charge in [0.05, 0.1) is 21.8 Å². The minimum atomic E-state index is -3.97. The van der Waals surface area contributed by atoms with Gasteiger partial charge in [-0.05, 0) is 48.4 Å². The topological polar surface area (TPSA) is 109 Å². The molecule has 2 aromatic carbocycles. The molecule has 3 N–H and O–H groups in total. The van der Waals surface area contributed by atoms with Gasteiger partial charge in [-0.15, -0.1) is 0 Å². The molecule has 3 aromatic rings. The lowest BCUT2D eigenvalue weighted by atomic mass is 10.1. The number of H-pyrrole nitrogens is 1. The van der Waals surface area contributed by atoms with Crippen molar-refractivity contribution in [2.75, 3.05) is 7.11 Å². The first kappa shape index (κ1) is 20.8. The number of aromatic amines is 1. The molecule has 0 aliphatic carbocycles. The third-order valence-corrected chi connectivity index (χ3v) is 7.18. The standard InChI is InChI=1S/C20H16ClFN3O3P/c1-11-8-12(4-3-7-23)10-13(9-11)29(27,28-2)19-16-15(25-18(19)20(24)26)6-5-14(21)17(16)22/h3-6,8-10,25H,1-2H3,(H2,24,26). The average molecular weight is 432 g/mol. The highest BCUT2D eigenvalue weighted by molar-refractivity contribution is 7.75. The maximum atomic E-state index is 14.9. The molecular weight excluding hydrogens is 416 g/mol. The Morgan fingerprint density at radius 3 is 2.72 bits per heavy atom. The van der Waals surface area contributed by atoms with Crippen molar-refractivity contribution < 1.29 is 18.3 Å². The molecular formula is C20H16ClFN3O3P. The van der Waals surface area contributed by atoms with Gasteiger partial charge in [0.25, 0.3) is 13.3 Å². The molecule has 9 heteroatoms. The number of nitrogens with zero attached hydrogens (tertiary/aromatic N) is 1. The highest BCUT2D eigenvalue weighted by Crippen LogP contribution is 2.48. The van der Waals surface area contributed by atoms with Crippen molar-refractivity contribution in [3.05, 3.63) is 64.1 Å². The van der Waals surface area contributed by atoms with Crippen molar-refractivity contribution in [1.82, 2.24) is 4.98 Å². The van der Waals surface area contributed by atoms with E-state index in [1.54, 1.807) is 25.1 Å².